The van der Waals surface area contributed by atoms with Gasteiger partial charge < -0.3 is 20.1 Å². The molecule has 5 nitrogen and oxygen atoms in total. The van der Waals surface area contributed by atoms with Crippen LogP contribution >= 0.6 is 0 Å². The molecule has 0 saturated heterocycles. The third-order valence-electron chi connectivity index (χ3n) is 8.01. The van der Waals surface area contributed by atoms with Crippen molar-refractivity contribution < 1.29 is 24.9 Å². The first kappa shape index (κ1) is 26.7. The number of aromatic hydroxyl groups is 1. The number of hydrogen-bond donors (Lipinski definition) is 3. The summed E-state index contributed by atoms with van der Waals surface area (Å²) in [4.78, 5) is 12.8. The number of aliphatic hydroxyl groups excluding tert-OH is 2. The van der Waals surface area contributed by atoms with Gasteiger partial charge in [-0.15, -0.1) is 0 Å². The van der Waals surface area contributed by atoms with Crippen molar-refractivity contribution >= 4 is 5.78 Å². The fourth-order valence-electron chi connectivity index (χ4n) is 5.70. The Bertz CT molecular complexity index is 898. The maximum Gasteiger partial charge on any atom is 0.158 e. The van der Waals surface area contributed by atoms with Crippen molar-refractivity contribution in [2.45, 2.75) is 115 Å². The van der Waals surface area contributed by atoms with E-state index in [4.69, 9.17) is 9.84 Å². The molecule has 190 valence electrons. The topological polar surface area (TPSA) is 87.0 Å². The molecule has 0 amide bonds. The molecular weight excluding hydrogens is 428 g/mol. The van der Waals surface area contributed by atoms with Crippen LogP contribution in [0.15, 0.2) is 23.8 Å². The summed E-state index contributed by atoms with van der Waals surface area (Å²) in [5.74, 6) is 1.20. The monoisotopic (exact) mass is 472 g/mol. The van der Waals surface area contributed by atoms with Crippen LogP contribution in [0, 0.1) is 5.92 Å². The van der Waals surface area contributed by atoms with Gasteiger partial charge in [0.05, 0.1) is 12.7 Å². The molecule has 1 heterocycles. The minimum absolute atomic E-state index is 0.00665. The molecule has 0 radical (unpaired) electrons. The van der Waals surface area contributed by atoms with E-state index in [0.29, 0.717) is 12.8 Å². The first-order valence-corrected chi connectivity index (χ1v) is 13.1. The van der Waals surface area contributed by atoms with Crippen molar-refractivity contribution in [3.05, 3.63) is 34.9 Å². The van der Waals surface area contributed by atoms with Crippen LogP contribution in [0.25, 0.3) is 0 Å². The van der Waals surface area contributed by atoms with Gasteiger partial charge in [0.2, 0.25) is 0 Å². The summed E-state index contributed by atoms with van der Waals surface area (Å²) in [5.41, 5.74) is 2.20. The largest absolute Gasteiger partial charge is 0.508 e. The molecule has 3 N–H and O–H groups in total. The quantitative estimate of drug-likeness (QED) is 0.347. The highest BCUT2D eigenvalue weighted by atomic mass is 16.5. The van der Waals surface area contributed by atoms with E-state index >= 15 is 0 Å². The summed E-state index contributed by atoms with van der Waals surface area (Å²) >= 11 is 0. The Labute approximate surface area is 205 Å². The van der Waals surface area contributed by atoms with E-state index < -0.39 is 11.7 Å². The smallest absolute Gasteiger partial charge is 0.158 e. The summed E-state index contributed by atoms with van der Waals surface area (Å²) in [6, 6.07) is 4.03. The number of fused-ring (bicyclic) bond motifs is 3. The Hall–Kier alpha value is -1.85. The maximum absolute atomic E-state index is 12.8. The average molecular weight is 473 g/mol. The van der Waals surface area contributed by atoms with Gasteiger partial charge in [-0.3, -0.25) is 4.79 Å². The molecule has 34 heavy (non-hydrogen) atoms. The predicted molar refractivity (Wildman–Crippen MR) is 135 cm³/mol. The van der Waals surface area contributed by atoms with Gasteiger partial charge in [-0.2, -0.15) is 0 Å². The molecule has 2 aliphatic rings. The summed E-state index contributed by atoms with van der Waals surface area (Å²) in [7, 11) is 0. The standard InChI is InChI=1S/C29H44O5/c1-6-7-8-9-14-28(2,3)20-16-25(33)27-22-15-19(24(32)13-11-21(31)18-30)10-12-23(22)29(4,5)34-26(27)17-20/h10,16-17,21-23,30-31,33H,6-9,11-15,18H2,1-5H3/t21-,22-,23-/m1/s1. The molecule has 0 fully saturated rings. The number of hydrogen-bond acceptors (Lipinski definition) is 5. The van der Waals surface area contributed by atoms with E-state index in [1.165, 1.54) is 19.3 Å². The molecule has 3 rings (SSSR count). The molecule has 1 aromatic carbocycles. The van der Waals surface area contributed by atoms with E-state index in [-0.39, 0.29) is 48.2 Å². The second-order valence-corrected chi connectivity index (χ2v) is 11.5. The van der Waals surface area contributed by atoms with E-state index in [1.54, 1.807) is 0 Å². The Morgan fingerprint density at radius 1 is 1.24 bits per heavy atom. The summed E-state index contributed by atoms with van der Waals surface area (Å²) in [5, 5.41) is 29.9. The number of ketones is 1. The van der Waals surface area contributed by atoms with Gasteiger partial charge in [-0.05, 0) is 68.2 Å². The number of carbonyl (C=O) groups excluding carboxylic acids is 1. The number of ether oxygens (including phenoxy) is 1. The van der Waals surface area contributed by atoms with Crippen LogP contribution < -0.4 is 4.74 Å². The van der Waals surface area contributed by atoms with Crippen molar-refractivity contribution in [3.8, 4) is 11.5 Å². The van der Waals surface area contributed by atoms with Crippen LogP contribution in [0.4, 0.5) is 0 Å². The number of unbranched alkanes of at least 4 members (excludes halogenated alkanes) is 3. The summed E-state index contributed by atoms with van der Waals surface area (Å²) in [6.45, 7) is 10.6. The number of allylic oxidation sites excluding steroid dienone is 2. The highest BCUT2D eigenvalue weighted by Crippen LogP contribution is 2.55. The normalized spacial score (nSPS) is 22.3. The zero-order chi connectivity index (χ0) is 25.1. The SMILES string of the molecule is CCCCCCC(C)(C)c1cc(O)c2c(c1)OC(C)(C)[C@@H]1CC=C(C(=O)CC[C@@H](O)CO)C[C@@H]21. The molecule has 0 bridgehead atoms. The number of phenolic OH excluding ortho intramolecular Hbond substituents is 1. The number of aliphatic hydroxyl groups is 2. The van der Waals surface area contributed by atoms with Gasteiger partial charge in [-0.25, -0.2) is 0 Å². The van der Waals surface area contributed by atoms with Crippen molar-refractivity contribution in [2.75, 3.05) is 6.61 Å². The van der Waals surface area contributed by atoms with Gasteiger partial charge in [0.15, 0.2) is 5.78 Å². The molecule has 5 heteroatoms. The lowest BCUT2D eigenvalue weighted by molar-refractivity contribution is -0.116. The van der Waals surface area contributed by atoms with Crippen molar-refractivity contribution in [3.63, 3.8) is 0 Å². The van der Waals surface area contributed by atoms with Crippen LogP contribution in [0.5, 0.6) is 11.5 Å². The number of benzene rings is 1. The minimum Gasteiger partial charge on any atom is -0.508 e. The van der Waals surface area contributed by atoms with E-state index in [1.807, 2.05) is 12.1 Å². The molecule has 1 aliphatic carbocycles. The van der Waals surface area contributed by atoms with Gasteiger partial charge in [0, 0.05) is 23.8 Å². The Morgan fingerprint density at radius 2 is 1.97 bits per heavy atom. The lowest BCUT2D eigenvalue weighted by Gasteiger charge is -2.47. The molecular formula is C29H44O5. The fourth-order valence-corrected chi connectivity index (χ4v) is 5.70. The number of rotatable bonds is 11. The molecule has 3 atom stereocenters. The Kier molecular flexibility index (Phi) is 8.51. The number of carbonyl (C=O) groups is 1. The number of Topliss-reactive ketones (excluding diaryl/α,β-unsaturated/α-hetero) is 1. The van der Waals surface area contributed by atoms with Gasteiger partial charge >= 0.3 is 0 Å². The summed E-state index contributed by atoms with van der Waals surface area (Å²) in [6.07, 6.45) is 8.80. The van der Waals surface area contributed by atoms with Crippen LogP contribution in [0.1, 0.15) is 109 Å². The highest BCUT2D eigenvalue weighted by molar-refractivity contribution is 5.95. The van der Waals surface area contributed by atoms with Crippen LogP contribution in [-0.2, 0) is 10.2 Å². The van der Waals surface area contributed by atoms with E-state index in [9.17, 15) is 15.0 Å². The first-order valence-electron chi connectivity index (χ1n) is 13.1. The zero-order valence-electron chi connectivity index (χ0n) is 21.7. The number of phenols is 1. The molecule has 0 saturated carbocycles. The van der Waals surface area contributed by atoms with E-state index in [2.05, 4.69) is 40.7 Å². The van der Waals surface area contributed by atoms with Crippen LogP contribution in [-0.4, -0.2) is 39.4 Å². The molecule has 1 aromatic rings. The highest BCUT2D eigenvalue weighted by Gasteiger charge is 2.47. The molecule has 0 aromatic heterocycles. The molecule has 0 unspecified atom stereocenters. The predicted octanol–water partition coefficient (Wildman–Crippen LogP) is 5.93. The first-order chi connectivity index (χ1) is 16.0. The third kappa shape index (κ3) is 5.85. The van der Waals surface area contributed by atoms with Crippen LogP contribution in [0.3, 0.4) is 0 Å². The van der Waals surface area contributed by atoms with E-state index in [0.717, 1.165) is 35.3 Å². The second-order valence-electron chi connectivity index (χ2n) is 11.5. The van der Waals surface area contributed by atoms with Gasteiger partial charge in [0.1, 0.15) is 17.1 Å². The van der Waals surface area contributed by atoms with Crippen LogP contribution in [0.2, 0.25) is 0 Å². The summed E-state index contributed by atoms with van der Waals surface area (Å²) < 4.78 is 6.50. The minimum atomic E-state index is -0.864. The molecule has 0 spiro atoms. The lowest BCUT2D eigenvalue weighted by atomic mass is 9.66. The third-order valence-corrected chi connectivity index (χ3v) is 8.01. The van der Waals surface area contributed by atoms with Crippen molar-refractivity contribution in [2.24, 2.45) is 5.92 Å². The zero-order valence-corrected chi connectivity index (χ0v) is 21.7. The fraction of sp³-hybridized carbons (Fsp3) is 0.690. The average Bonchev–Trinajstić information content (AvgIpc) is 2.78. The van der Waals surface area contributed by atoms with Crippen molar-refractivity contribution in [1.29, 1.82) is 0 Å². The van der Waals surface area contributed by atoms with Crippen molar-refractivity contribution in [1.82, 2.24) is 0 Å². The molecule has 1 aliphatic heterocycles. The lowest BCUT2D eigenvalue weighted by Crippen LogP contribution is -2.46. The Balaban J connectivity index is 1.86. The Morgan fingerprint density at radius 3 is 2.65 bits per heavy atom. The van der Waals surface area contributed by atoms with Gasteiger partial charge in [0.25, 0.3) is 0 Å². The second kappa shape index (κ2) is 10.8. The maximum atomic E-state index is 12.8. The van der Waals surface area contributed by atoms with Gasteiger partial charge in [-0.1, -0.05) is 52.5 Å².